The Kier molecular flexibility index (Phi) is 7.11. The molecule has 33 heavy (non-hydrogen) atoms. The summed E-state index contributed by atoms with van der Waals surface area (Å²) in [7, 11) is 1.83. The Hall–Kier alpha value is -3.16. The number of aryl methyl sites for hydroxylation is 2. The van der Waals surface area contributed by atoms with E-state index in [1.807, 2.05) is 37.4 Å². The second kappa shape index (κ2) is 10.2. The van der Waals surface area contributed by atoms with Gasteiger partial charge in [0.1, 0.15) is 5.69 Å². The van der Waals surface area contributed by atoms with Gasteiger partial charge in [-0.2, -0.15) is 5.10 Å². The average Bonchev–Trinajstić information content (AvgIpc) is 3.13. The maximum Gasteiger partial charge on any atom is 0.272 e. The minimum atomic E-state index is -0.324. The number of carbonyl (C=O) groups excluding carboxylic acids is 3. The van der Waals surface area contributed by atoms with E-state index in [9.17, 15) is 14.4 Å². The zero-order valence-electron chi connectivity index (χ0n) is 19.5. The van der Waals surface area contributed by atoms with Crippen molar-refractivity contribution in [3.05, 3.63) is 52.8 Å². The molecular weight excluding hydrogens is 418 g/mol. The Morgan fingerprint density at radius 1 is 1.03 bits per heavy atom. The molecule has 0 saturated carbocycles. The number of hydrogen-bond donors (Lipinski definition) is 1. The molecule has 0 spiro atoms. The molecule has 1 aromatic heterocycles. The second-order valence-electron chi connectivity index (χ2n) is 8.94. The topological polar surface area (TPSA) is 87.5 Å². The van der Waals surface area contributed by atoms with Crippen LogP contribution in [-0.4, -0.2) is 63.5 Å². The third kappa shape index (κ3) is 5.10. The lowest BCUT2D eigenvalue weighted by molar-refractivity contribution is -0.132. The normalized spacial score (nSPS) is 19.9. The van der Waals surface area contributed by atoms with Gasteiger partial charge in [0, 0.05) is 45.7 Å². The molecule has 1 saturated heterocycles. The molecule has 8 heteroatoms. The number of nitrogens with one attached hydrogen (secondary N) is 1. The molecular formula is C25H33N5O3. The predicted octanol–water partition coefficient (Wildman–Crippen LogP) is 2.24. The molecule has 8 nitrogen and oxygen atoms in total. The Bertz CT molecular complexity index is 1020. The van der Waals surface area contributed by atoms with Crippen LogP contribution < -0.4 is 5.32 Å². The SMILES string of the molecule is CC(=O)N1CCCN(C(=O)c2c3c(nn2C)CCCC3)CCNC(=O)CC1c1ccccc1. The molecule has 1 aliphatic carbocycles. The molecule has 1 unspecified atom stereocenters. The number of hydrogen-bond acceptors (Lipinski definition) is 4. The predicted molar refractivity (Wildman–Crippen MR) is 125 cm³/mol. The number of amides is 3. The Morgan fingerprint density at radius 3 is 2.55 bits per heavy atom. The zero-order chi connectivity index (χ0) is 23.4. The van der Waals surface area contributed by atoms with Crippen LogP contribution in [0.25, 0.3) is 0 Å². The molecule has 2 heterocycles. The van der Waals surface area contributed by atoms with Gasteiger partial charge in [-0.25, -0.2) is 0 Å². The van der Waals surface area contributed by atoms with Crippen LogP contribution in [0.1, 0.15) is 66.0 Å². The summed E-state index contributed by atoms with van der Waals surface area (Å²) in [5.41, 5.74) is 3.71. The van der Waals surface area contributed by atoms with Crippen LogP contribution in [0.5, 0.6) is 0 Å². The maximum absolute atomic E-state index is 13.6. The largest absolute Gasteiger partial charge is 0.354 e. The van der Waals surface area contributed by atoms with Gasteiger partial charge in [-0.1, -0.05) is 30.3 Å². The van der Waals surface area contributed by atoms with Crippen molar-refractivity contribution in [3.63, 3.8) is 0 Å². The lowest BCUT2D eigenvalue weighted by Crippen LogP contribution is -2.40. The first-order valence-corrected chi connectivity index (χ1v) is 11.9. The summed E-state index contributed by atoms with van der Waals surface area (Å²) in [6.45, 7) is 3.35. The Morgan fingerprint density at radius 2 is 1.79 bits per heavy atom. The van der Waals surface area contributed by atoms with E-state index in [2.05, 4.69) is 10.4 Å². The molecule has 1 aromatic carbocycles. The van der Waals surface area contributed by atoms with E-state index >= 15 is 0 Å². The van der Waals surface area contributed by atoms with Crippen molar-refractivity contribution < 1.29 is 14.4 Å². The number of aromatic nitrogens is 2. The molecule has 2 aromatic rings. The third-order valence-corrected chi connectivity index (χ3v) is 6.68. The number of rotatable bonds is 2. The summed E-state index contributed by atoms with van der Waals surface area (Å²) in [6.07, 6.45) is 4.82. The van der Waals surface area contributed by atoms with Gasteiger partial charge in [0.15, 0.2) is 0 Å². The van der Waals surface area contributed by atoms with Crippen molar-refractivity contribution in [3.8, 4) is 0 Å². The van der Waals surface area contributed by atoms with Gasteiger partial charge in [-0.15, -0.1) is 0 Å². The fraction of sp³-hybridized carbons (Fsp3) is 0.520. The highest BCUT2D eigenvalue weighted by Crippen LogP contribution is 2.27. The van der Waals surface area contributed by atoms with Crippen molar-refractivity contribution >= 4 is 17.7 Å². The van der Waals surface area contributed by atoms with Crippen molar-refractivity contribution in [2.75, 3.05) is 26.2 Å². The fourth-order valence-corrected chi connectivity index (χ4v) is 5.04. The number of benzene rings is 1. The molecule has 4 rings (SSSR count). The fourth-order valence-electron chi connectivity index (χ4n) is 5.04. The van der Waals surface area contributed by atoms with E-state index in [0.29, 0.717) is 38.3 Å². The first-order chi connectivity index (χ1) is 16.0. The van der Waals surface area contributed by atoms with Gasteiger partial charge in [0.2, 0.25) is 11.8 Å². The maximum atomic E-state index is 13.6. The summed E-state index contributed by atoms with van der Waals surface area (Å²) in [5, 5.41) is 7.55. The van der Waals surface area contributed by atoms with Gasteiger partial charge in [-0.3, -0.25) is 19.1 Å². The minimum Gasteiger partial charge on any atom is -0.354 e. The second-order valence-corrected chi connectivity index (χ2v) is 8.94. The molecule has 176 valence electrons. The first kappa shape index (κ1) is 23.0. The molecule has 1 N–H and O–H groups in total. The van der Waals surface area contributed by atoms with Crippen LogP contribution in [0.3, 0.4) is 0 Å². The van der Waals surface area contributed by atoms with Gasteiger partial charge in [-0.05, 0) is 37.7 Å². The minimum absolute atomic E-state index is 0.0457. The van der Waals surface area contributed by atoms with Crippen LogP contribution >= 0.6 is 0 Å². The van der Waals surface area contributed by atoms with E-state index in [1.54, 1.807) is 21.4 Å². The van der Waals surface area contributed by atoms with E-state index in [0.717, 1.165) is 42.5 Å². The third-order valence-electron chi connectivity index (χ3n) is 6.68. The van der Waals surface area contributed by atoms with Crippen molar-refractivity contribution in [1.29, 1.82) is 0 Å². The van der Waals surface area contributed by atoms with Gasteiger partial charge >= 0.3 is 0 Å². The summed E-state index contributed by atoms with van der Waals surface area (Å²) in [4.78, 5) is 42.4. The van der Waals surface area contributed by atoms with Gasteiger partial charge in [0.05, 0.1) is 18.2 Å². The molecule has 1 fully saturated rings. The number of carbonyl (C=O) groups is 3. The van der Waals surface area contributed by atoms with Crippen LogP contribution in [0.15, 0.2) is 30.3 Å². The van der Waals surface area contributed by atoms with Crippen LogP contribution in [0.2, 0.25) is 0 Å². The number of fused-ring (bicyclic) bond motifs is 1. The quantitative estimate of drug-likeness (QED) is 0.759. The molecule has 2 aliphatic rings. The molecule has 1 aliphatic heterocycles. The average molecular weight is 452 g/mol. The van der Waals surface area contributed by atoms with Gasteiger partial charge < -0.3 is 15.1 Å². The molecule has 0 radical (unpaired) electrons. The highest BCUT2D eigenvalue weighted by molar-refractivity contribution is 5.94. The highest BCUT2D eigenvalue weighted by atomic mass is 16.2. The van der Waals surface area contributed by atoms with Crippen LogP contribution in [0, 0.1) is 0 Å². The van der Waals surface area contributed by atoms with Crippen LogP contribution in [-0.2, 0) is 29.5 Å². The Labute approximate surface area is 194 Å². The summed E-state index contributed by atoms with van der Waals surface area (Å²) in [6, 6.07) is 9.35. The van der Waals surface area contributed by atoms with Crippen molar-refractivity contribution in [1.82, 2.24) is 24.9 Å². The molecule has 3 amide bonds. The standard InChI is InChI=1S/C25H33N5O3/c1-18(31)30-15-8-14-29(25(33)24-20-11-6-7-12-21(20)27-28(24)2)16-13-26-23(32)17-22(30)19-9-4-3-5-10-19/h3-5,9-10,22H,6-8,11-17H2,1-2H3,(H,26,32). The molecule has 0 bridgehead atoms. The summed E-state index contributed by atoms with van der Waals surface area (Å²) < 4.78 is 1.72. The van der Waals surface area contributed by atoms with E-state index in [4.69, 9.17) is 0 Å². The van der Waals surface area contributed by atoms with E-state index in [1.165, 1.54) is 0 Å². The van der Waals surface area contributed by atoms with Crippen LogP contribution in [0.4, 0.5) is 0 Å². The lowest BCUT2D eigenvalue weighted by atomic mass is 9.95. The monoisotopic (exact) mass is 451 g/mol. The van der Waals surface area contributed by atoms with Crippen molar-refractivity contribution in [2.45, 2.75) is 51.5 Å². The highest BCUT2D eigenvalue weighted by Gasteiger charge is 2.29. The molecule has 1 atom stereocenters. The van der Waals surface area contributed by atoms with E-state index in [-0.39, 0.29) is 30.2 Å². The first-order valence-electron chi connectivity index (χ1n) is 11.9. The smallest absolute Gasteiger partial charge is 0.272 e. The zero-order valence-corrected chi connectivity index (χ0v) is 19.5. The summed E-state index contributed by atoms with van der Waals surface area (Å²) >= 11 is 0. The van der Waals surface area contributed by atoms with Gasteiger partial charge in [0.25, 0.3) is 5.91 Å². The van der Waals surface area contributed by atoms with E-state index < -0.39 is 0 Å². The number of nitrogens with zero attached hydrogens (tertiary/aromatic N) is 4. The lowest BCUT2D eigenvalue weighted by Gasteiger charge is -2.31. The van der Waals surface area contributed by atoms with Crippen molar-refractivity contribution in [2.24, 2.45) is 7.05 Å². The Balaban J connectivity index is 1.56. The summed E-state index contributed by atoms with van der Waals surface area (Å²) in [5.74, 6) is -0.243.